The van der Waals surface area contributed by atoms with Crippen molar-refractivity contribution in [3.05, 3.63) is 0 Å². The van der Waals surface area contributed by atoms with Crippen LogP contribution in [0.25, 0.3) is 0 Å². The van der Waals surface area contributed by atoms with Crippen LogP contribution in [0.2, 0.25) is 0 Å². The minimum absolute atomic E-state index is 0.560. The van der Waals surface area contributed by atoms with Gasteiger partial charge in [-0.25, -0.2) is 4.79 Å². The molecule has 0 aliphatic carbocycles. The summed E-state index contributed by atoms with van der Waals surface area (Å²) in [5, 5.41) is 135. The second-order valence-corrected chi connectivity index (χ2v) is 15.1. The highest BCUT2D eigenvalue weighted by Gasteiger charge is 2.60. The summed E-state index contributed by atoms with van der Waals surface area (Å²) in [7, 11) is 0. The number of aliphatic carboxylic acids is 1. The molecular weight excluding hydrogens is 818 g/mol. The smallest absolute Gasteiger partial charge is 0.364 e. The molecule has 4 fully saturated rings. The van der Waals surface area contributed by atoms with Gasteiger partial charge in [-0.15, -0.1) is 0 Å². The van der Waals surface area contributed by atoms with E-state index in [1.165, 1.54) is 13.8 Å². The molecule has 26 nitrogen and oxygen atoms in total. The summed E-state index contributed by atoms with van der Waals surface area (Å²) in [6.45, 7) is 0.996. The van der Waals surface area contributed by atoms with E-state index in [1.54, 1.807) is 0 Å². The number of aliphatic hydroxyl groups excluding tert-OH is 11. The number of carboxylic acids is 1. The number of carbonyl (C=O) groups is 4. The molecule has 3 amide bonds. The number of carboxylic acid groups (broad SMARTS) is 1. The Labute approximate surface area is 341 Å². The molecule has 0 aromatic rings. The lowest BCUT2D eigenvalue weighted by Gasteiger charge is -2.51. The molecule has 26 heteroatoms. The van der Waals surface area contributed by atoms with E-state index in [9.17, 15) is 80.5 Å². The molecule has 60 heavy (non-hydrogen) atoms. The van der Waals surface area contributed by atoms with E-state index < -0.39 is 185 Å². The molecule has 0 saturated carbocycles. The third-order valence-electron chi connectivity index (χ3n) is 10.7. The number of amides is 3. The van der Waals surface area contributed by atoms with E-state index in [1.807, 2.05) is 0 Å². The van der Waals surface area contributed by atoms with Crippen LogP contribution in [0.5, 0.6) is 0 Å². The molecule has 4 aliphatic heterocycles. The van der Waals surface area contributed by atoms with Gasteiger partial charge in [0.2, 0.25) is 17.7 Å². The lowest BCUT2D eigenvalue weighted by atomic mass is 9.88. The molecule has 0 bridgehead atoms. The van der Waals surface area contributed by atoms with Crippen molar-refractivity contribution >= 4 is 23.7 Å². The zero-order valence-electron chi connectivity index (χ0n) is 32.9. The van der Waals surface area contributed by atoms with Crippen molar-refractivity contribution in [1.82, 2.24) is 16.0 Å². The lowest BCUT2D eigenvalue weighted by molar-refractivity contribution is -0.384. The minimum atomic E-state index is -3.11. The number of nitrogens with one attached hydrogen (secondary N) is 3. The number of aliphatic hydroxyl groups is 11. The predicted molar refractivity (Wildman–Crippen MR) is 189 cm³/mol. The SMILES string of the molecule is CC(=O)NC1[C@H](O[C@@H]2C(NC(C)=O)[C@H](C)OC(CO)[C@@H]2O)OC(CO)[C@H](O[C@@H]2OC(CO)[C@H](O)[C@H](O[C@]3(C(=O)O)C[C@H](O)[C@@H](NC(C)=O)C([C@H](O)[C@H](O)CO)O3)C2O)[C@@H]1O. The summed E-state index contributed by atoms with van der Waals surface area (Å²) >= 11 is 0. The molecule has 0 spiro atoms. The Morgan fingerprint density at radius 3 is 1.70 bits per heavy atom. The maximum atomic E-state index is 12.9. The van der Waals surface area contributed by atoms with E-state index in [0.717, 1.165) is 13.8 Å². The average molecular weight is 876 g/mol. The van der Waals surface area contributed by atoms with Crippen molar-refractivity contribution in [2.45, 2.75) is 162 Å². The molecule has 4 aliphatic rings. The van der Waals surface area contributed by atoms with Crippen molar-refractivity contribution in [2.24, 2.45) is 0 Å². The van der Waals surface area contributed by atoms with Crippen molar-refractivity contribution in [3.63, 3.8) is 0 Å². The second kappa shape index (κ2) is 21.0. The van der Waals surface area contributed by atoms with Crippen molar-refractivity contribution in [1.29, 1.82) is 0 Å². The standard InChI is InChI=1S/C34H57N3O23/c1-10-19(35-11(2)42)28(23(48)16(7-39)54-10)58-31-21(37-13(4)44)25(50)27(18(9-41)56-31)57-32-26(51)30(24(49)17(8-40)55-32)60-34(33(52)53)5-14(45)20(36-12(3)43)29(59-34)22(47)15(46)6-38/h10,14-32,38-41,45-51H,5-9H2,1-4H3,(H,35,42)(H,36,43)(H,37,44)(H,52,53)/t10-,14-,15+,16?,17?,18?,19?,20+,21?,22+,23-,24-,25+,26?,27-,28+,29?,30-,31-,32-,34-/m0/s1. The normalized spacial score (nSPS) is 43.3. The fourth-order valence-electron chi connectivity index (χ4n) is 7.70. The number of ether oxygens (including phenoxy) is 7. The Morgan fingerprint density at radius 2 is 1.17 bits per heavy atom. The summed E-state index contributed by atoms with van der Waals surface area (Å²) in [6, 6.07) is -4.30. The summed E-state index contributed by atoms with van der Waals surface area (Å²) in [6.07, 6.45) is -31.9. The summed E-state index contributed by atoms with van der Waals surface area (Å²) in [5.41, 5.74) is 0. The van der Waals surface area contributed by atoms with Crippen molar-refractivity contribution in [3.8, 4) is 0 Å². The summed E-state index contributed by atoms with van der Waals surface area (Å²) in [4.78, 5) is 49.3. The summed E-state index contributed by atoms with van der Waals surface area (Å²) in [5.74, 6) is -7.23. The topological polar surface area (TPSA) is 412 Å². The molecule has 346 valence electrons. The van der Waals surface area contributed by atoms with Crippen LogP contribution in [-0.2, 0) is 52.3 Å². The van der Waals surface area contributed by atoms with Gasteiger partial charge in [-0.2, -0.15) is 0 Å². The quantitative estimate of drug-likeness (QED) is 0.0684. The Kier molecular flexibility index (Phi) is 17.5. The molecule has 4 saturated heterocycles. The van der Waals surface area contributed by atoms with E-state index in [-0.39, 0.29) is 0 Å². The Bertz CT molecular complexity index is 1470. The molecule has 0 aromatic carbocycles. The largest absolute Gasteiger partial charge is 0.477 e. The van der Waals surface area contributed by atoms with Crippen LogP contribution in [-0.4, -0.2) is 239 Å². The number of rotatable bonds is 16. The van der Waals surface area contributed by atoms with Crippen LogP contribution in [0.15, 0.2) is 0 Å². The van der Waals surface area contributed by atoms with Crippen LogP contribution in [0.3, 0.4) is 0 Å². The highest BCUT2D eigenvalue weighted by atomic mass is 16.8. The van der Waals surface area contributed by atoms with Gasteiger partial charge >= 0.3 is 5.97 Å². The van der Waals surface area contributed by atoms with E-state index in [2.05, 4.69) is 16.0 Å². The second-order valence-electron chi connectivity index (χ2n) is 15.1. The van der Waals surface area contributed by atoms with E-state index in [4.69, 9.17) is 33.2 Å². The zero-order chi connectivity index (χ0) is 45.0. The summed E-state index contributed by atoms with van der Waals surface area (Å²) < 4.78 is 40.3. The monoisotopic (exact) mass is 875 g/mol. The van der Waals surface area contributed by atoms with Gasteiger partial charge in [0.1, 0.15) is 85.4 Å². The highest BCUT2D eigenvalue weighted by Crippen LogP contribution is 2.39. The van der Waals surface area contributed by atoms with Crippen LogP contribution in [0.1, 0.15) is 34.1 Å². The Balaban J connectivity index is 1.65. The third kappa shape index (κ3) is 10.8. The first-order chi connectivity index (χ1) is 28.1. The molecule has 21 atom stereocenters. The molecule has 4 rings (SSSR count). The van der Waals surface area contributed by atoms with Gasteiger partial charge in [0, 0.05) is 27.2 Å². The fraction of sp³-hybridized carbons (Fsp3) is 0.882. The maximum Gasteiger partial charge on any atom is 0.364 e. The van der Waals surface area contributed by atoms with Crippen molar-refractivity contribution in [2.75, 3.05) is 26.4 Å². The number of carbonyl (C=O) groups excluding carboxylic acids is 3. The molecule has 15 N–H and O–H groups in total. The van der Waals surface area contributed by atoms with E-state index >= 15 is 0 Å². The Morgan fingerprint density at radius 1 is 0.667 bits per heavy atom. The first-order valence-electron chi connectivity index (χ1n) is 19.0. The van der Waals surface area contributed by atoms with Gasteiger partial charge in [-0.3, -0.25) is 14.4 Å². The maximum absolute atomic E-state index is 12.9. The van der Waals surface area contributed by atoms with Gasteiger partial charge in [-0.1, -0.05) is 0 Å². The van der Waals surface area contributed by atoms with Gasteiger partial charge in [0.25, 0.3) is 5.79 Å². The molecule has 0 radical (unpaired) electrons. The zero-order valence-corrected chi connectivity index (χ0v) is 32.9. The van der Waals surface area contributed by atoms with Gasteiger partial charge < -0.3 is 110 Å². The highest BCUT2D eigenvalue weighted by molar-refractivity contribution is 5.77. The van der Waals surface area contributed by atoms with E-state index in [0.29, 0.717) is 0 Å². The number of hydrogen-bond acceptors (Lipinski definition) is 22. The molecule has 4 heterocycles. The first kappa shape index (κ1) is 49.8. The van der Waals surface area contributed by atoms with Crippen LogP contribution in [0.4, 0.5) is 0 Å². The minimum Gasteiger partial charge on any atom is -0.477 e. The molecular formula is C34H57N3O23. The lowest BCUT2D eigenvalue weighted by Crippen LogP contribution is -2.71. The van der Waals surface area contributed by atoms with Crippen LogP contribution >= 0.6 is 0 Å². The van der Waals surface area contributed by atoms with Gasteiger partial charge in [0.15, 0.2) is 12.6 Å². The average Bonchev–Trinajstić information content (AvgIpc) is 3.18. The van der Waals surface area contributed by atoms with Crippen molar-refractivity contribution < 1.29 is 114 Å². The third-order valence-corrected chi connectivity index (χ3v) is 10.7. The predicted octanol–water partition coefficient (Wildman–Crippen LogP) is -9.04. The number of hydrogen-bond donors (Lipinski definition) is 15. The molecule has 0 aromatic heterocycles. The van der Waals surface area contributed by atoms with Gasteiger partial charge in [-0.05, 0) is 6.92 Å². The van der Waals surface area contributed by atoms with Gasteiger partial charge in [0.05, 0.1) is 50.7 Å². The first-order valence-corrected chi connectivity index (χ1v) is 19.0. The Hall–Kier alpha value is -2.84. The van der Waals surface area contributed by atoms with Crippen LogP contribution in [0, 0.1) is 0 Å². The molecule has 7 unspecified atom stereocenters. The van der Waals surface area contributed by atoms with Crippen LogP contribution < -0.4 is 16.0 Å². The fourth-order valence-corrected chi connectivity index (χ4v) is 7.70.